The third kappa shape index (κ3) is 4.21. The highest BCUT2D eigenvalue weighted by Crippen LogP contribution is 2.18. The van der Waals surface area contributed by atoms with Crippen LogP contribution in [0.15, 0.2) is 48.5 Å². The molecular weight excluding hydrogens is 368 g/mol. The van der Waals surface area contributed by atoms with Crippen molar-refractivity contribution >= 4 is 29.0 Å². The Labute approximate surface area is 160 Å². The van der Waals surface area contributed by atoms with Crippen LogP contribution in [0, 0.1) is 0 Å². The molecule has 0 atom stereocenters. The molecule has 3 rings (SSSR count). The van der Waals surface area contributed by atoms with Crippen molar-refractivity contribution in [2.24, 2.45) is 0 Å². The van der Waals surface area contributed by atoms with Crippen LogP contribution in [0.1, 0.15) is 33.5 Å². The summed E-state index contributed by atoms with van der Waals surface area (Å²) < 4.78 is 6.74. The Morgan fingerprint density at radius 3 is 2.59 bits per heavy atom. The van der Waals surface area contributed by atoms with Crippen LogP contribution in [0.2, 0.25) is 5.02 Å². The van der Waals surface area contributed by atoms with Gasteiger partial charge in [0, 0.05) is 23.4 Å². The van der Waals surface area contributed by atoms with Crippen LogP contribution in [-0.2, 0) is 11.3 Å². The summed E-state index contributed by atoms with van der Waals surface area (Å²) >= 11 is 5.92. The highest BCUT2D eigenvalue weighted by atomic mass is 35.5. The third-order valence-corrected chi connectivity index (χ3v) is 4.11. The number of carbonyl (C=O) groups excluding carboxylic acids is 2. The van der Waals surface area contributed by atoms with Gasteiger partial charge in [-0.2, -0.15) is 0 Å². The fourth-order valence-electron chi connectivity index (χ4n) is 2.54. The summed E-state index contributed by atoms with van der Waals surface area (Å²) in [5, 5.41) is 11.4. The van der Waals surface area contributed by atoms with E-state index in [1.165, 1.54) is 18.7 Å². The van der Waals surface area contributed by atoms with E-state index in [1.807, 2.05) is 0 Å². The standard InChI is InChI=1S/C19H17ClN4O3/c1-12(25)13-4-3-5-15(10-13)21-19(26)18-17(11-27-2)24(23-22-18)16-8-6-14(20)7-9-16/h3-10H,11H2,1-2H3,(H,21,26). The van der Waals surface area contributed by atoms with Gasteiger partial charge in [-0.05, 0) is 43.3 Å². The summed E-state index contributed by atoms with van der Waals surface area (Å²) in [6, 6.07) is 13.7. The molecule has 8 heteroatoms. The van der Waals surface area contributed by atoms with Gasteiger partial charge in [-0.1, -0.05) is 28.9 Å². The van der Waals surface area contributed by atoms with Crippen LogP contribution in [0.4, 0.5) is 5.69 Å². The molecule has 1 heterocycles. The van der Waals surface area contributed by atoms with Gasteiger partial charge < -0.3 is 10.1 Å². The lowest BCUT2D eigenvalue weighted by Crippen LogP contribution is -2.16. The average molecular weight is 385 g/mol. The van der Waals surface area contributed by atoms with Crippen molar-refractivity contribution in [3.05, 3.63) is 70.5 Å². The van der Waals surface area contributed by atoms with Crippen molar-refractivity contribution in [2.75, 3.05) is 12.4 Å². The van der Waals surface area contributed by atoms with E-state index in [9.17, 15) is 9.59 Å². The molecule has 0 fully saturated rings. The molecule has 0 saturated heterocycles. The van der Waals surface area contributed by atoms with E-state index in [0.717, 1.165) is 0 Å². The van der Waals surface area contributed by atoms with Crippen LogP contribution in [0.25, 0.3) is 5.69 Å². The van der Waals surface area contributed by atoms with E-state index >= 15 is 0 Å². The molecule has 0 aliphatic rings. The minimum atomic E-state index is -0.442. The predicted octanol–water partition coefficient (Wildman–Crippen LogP) is 3.52. The number of rotatable bonds is 6. The minimum absolute atomic E-state index is 0.0835. The normalized spacial score (nSPS) is 10.6. The molecule has 1 N–H and O–H groups in total. The van der Waals surface area contributed by atoms with E-state index in [1.54, 1.807) is 48.5 Å². The number of halogens is 1. The maximum atomic E-state index is 12.7. The van der Waals surface area contributed by atoms with E-state index in [-0.39, 0.29) is 18.1 Å². The molecule has 0 radical (unpaired) electrons. The van der Waals surface area contributed by atoms with E-state index in [0.29, 0.717) is 27.7 Å². The van der Waals surface area contributed by atoms with E-state index in [2.05, 4.69) is 15.6 Å². The Morgan fingerprint density at radius 2 is 1.93 bits per heavy atom. The second-order valence-corrected chi connectivity index (χ2v) is 6.23. The van der Waals surface area contributed by atoms with Gasteiger partial charge in [0.05, 0.1) is 12.3 Å². The summed E-state index contributed by atoms with van der Waals surface area (Å²) in [5.74, 6) is -0.525. The number of anilines is 1. The monoisotopic (exact) mass is 384 g/mol. The molecule has 0 spiro atoms. The molecule has 0 unspecified atom stereocenters. The summed E-state index contributed by atoms with van der Waals surface area (Å²) in [7, 11) is 1.53. The number of carbonyl (C=O) groups is 2. The molecular formula is C19H17ClN4O3. The number of amides is 1. The summed E-state index contributed by atoms with van der Waals surface area (Å²) in [6.07, 6.45) is 0. The number of hydrogen-bond acceptors (Lipinski definition) is 5. The SMILES string of the molecule is COCc1c(C(=O)Nc2cccc(C(C)=O)c2)nnn1-c1ccc(Cl)cc1. The number of methoxy groups -OCH3 is 1. The minimum Gasteiger partial charge on any atom is -0.378 e. The van der Waals surface area contributed by atoms with Crippen molar-refractivity contribution in [3.8, 4) is 5.69 Å². The Kier molecular flexibility index (Phi) is 5.63. The summed E-state index contributed by atoms with van der Waals surface area (Å²) in [4.78, 5) is 24.2. The van der Waals surface area contributed by atoms with Gasteiger partial charge in [0.1, 0.15) is 5.69 Å². The van der Waals surface area contributed by atoms with Crippen molar-refractivity contribution in [1.82, 2.24) is 15.0 Å². The van der Waals surface area contributed by atoms with Gasteiger partial charge in [-0.15, -0.1) is 5.10 Å². The molecule has 0 bridgehead atoms. The lowest BCUT2D eigenvalue weighted by Gasteiger charge is -2.08. The fraction of sp³-hybridized carbons (Fsp3) is 0.158. The van der Waals surface area contributed by atoms with Crippen LogP contribution < -0.4 is 5.32 Å². The van der Waals surface area contributed by atoms with Crippen LogP contribution >= 0.6 is 11.6 Å². The van der Waals surface area contributed by atoms with Gasteiger partial charge in [-0.3, -0.25) is 9.59 Å². The van der Waals surface area contributed by atoms with Crippen molar-refractivity contribution in [3.63, 3.8) is 0 Å². The highest BCUT2D eigenvalue weighted by molar-refractivity contribution is 6.30. The fourth-order valence-corrected chi connectivity index (χ4v) is 2.67. The number of ketones is 1. The molecule has 7 nitrogen and oxygen atoms in total. The molecule has 27 heavy (non-hydrogen) atoms. The van der Waals surface area contributed by atoms with Crippen molar-refractivity contribution in [1.29, 1.82) is 0 Å². The number of benzene rings is 2. The van der Waals surface area contributed by atoms with Crippen LogP contribution in [-0.4, -0.2) is 33.8 Å². The van der Waals surface area contributed by atoms with Crippen LogP contribution in [0.5, 0.6) is 0 Å². The Hall–Kier alpha value is -3.03. The van der Waals surface area contributed by atoms with E-state index in [4.69, 9.17) is 16.3 Å². The molecule has 3 aromatic rings. The summed E-state index contributed by atoms with van der Waals surface area (Å²) in [6.45, 7) is 1.61. The molecule has 0 saturated carbocycles. The van der Waals surface area contributed by atoms with Crippen molar-refractivity contribution < 1.29 is 14.3 Å². The Balaban J connectivity index is 1.91. The molecule has 138 valence electrons. The maximum Gasteiger partial charge on any atom is 0.278 e. The number of ether oxygens (including phenoxy) is 1. The topological polar surface area (TPSA) is 86.1 Å². The molecule has 2 aromatic carbocycles. The number of nitrogens with zero attached hydrogens (tertiary/aromatic N) is 3. The average Bonchev–Trinajstić information content (AvgIpc) is 3.07. The number of nitrogens with one attached hydrogen (secondary N) is 1. The summed E-state index contributed by atoms with van der Waals surface area (Å²) in [5.41, 5.74) is 2.35. The quantitative estimate of drug-likeness (QED) is 0.657. The second kappa shape index (κ2) is 8.11. The van der Waals surface area contributed by atoms with E-state index < -0.39 is 5.91 Å². The third-order valence-electron chi connectivity index (χ3n) is 3.86. The first kappa shape index (κ1) is 18.8. The zero-order valence-corrected chi connectivity index (χ0v) is 15.5. The lowest BCUT2D eigenvalue weighted by molar-refractivity contribution is 0.100. The Morgan fingerprint density at radius 1 is 1.19 bits per heavy atom. The first-order valence-corrected chi connectivity index (χ1v) is 8.49. The van der Waals surface area contributed by atoms with Gasteiger partial charge >= 0.3 is 0 Å². The largest absolute Gasteiger partial charge is 0.378 e. The van der Waals surface area contributed by atoms with Crippen molar-refractivity contribution in [2.45, 2.75) is 13.5 Å². The lowest BCUT2D eigenvalue weighted by atomic mass is 10.1. The van der Waals surface area contributed by atoms with Gasteiger partial charge in [0.25, 0.3) is 5.91 Å². The van der Waals surface area contributed by atoms with Gasteiger partial charge in [-0.25, -0.2) is 4.68 Å². The number of aromatic nitrogens is 3. The van der Waals surface area contributed by atoms with Crippen LogP contribution in [0.3, 0.4) is 0 Å². The van der Waals surface area contributed by atoms with Gasteiger partial charge in [0.15, 0.2) is 11.5 Å². The molecule has 0 aliphatic heterocycles. The highest BCUT2D eigenvalue weighted by Gasteiger charge is 2.21. The van der Waals surface area contributed by atoms with Gasteiger partial charge in [0.2, 0.25) is 0 Å². The molecule has 0 aliphatic carbocycles. The Bertz CT molecular complexity index is 983. The maximum absolute atomic E-state index is 12.7. The smallest absolute Gasteiger partial charge is 0.278 e. The zero-order valence-electron chi connectivity index (χ0n) is 14.8. The predicted molar refractivity (Wildman–Crippen MR) is 101 cm³/mol. The first-order chi connectivity index (χ1) is 13.0. The molecule has 1 aromatic heterocycles. The number of Topliss-reactive ketones (excluding diaryl/α,β-unsaturated/α-hetero) is 1. The zero-order chi connectivity index (χ0) is 19.4. The first-order valence-electron chi connectivity index (χ1n) is 8.11. The molecule has 1 amide bonds. The second-order valence-electron chi connectivity index (χ2n) is 5.80. The number of hydrogen-bond donors (Lipinski definition) is 1.